The van der Waals surface area contributed by atoms with Crippen LogP contribution in [0.1, 0.15) is 40.6 Å². The molecule has 1 unspecified atom stereocenters. The first-order valence-electron chi connectivity index (χ1n) is 6.89. The Morgan fingerprint density at radius 1 is 1.26 bits per heavy atom. The maximum absolute atomic E-state index is 12.4. The first-order chi connectivity index (χ1) is 10.7. The average molecular weight is 341 g/mol. The van der Waals surface area contributed by atoms with Gasteiger partial charge in [0.1, 0.15) is 11.0 Å². The number of nitrogens with one attached hydrogen (secondary N) is 2. The molecule has 1 rings (SSSR count). The highest BCUT2D eigenvalue weighted by molar-refractivity contribution is 7.16. The topological polar surface area (TPSA) is 139 Å². The van der Waals surface area contributed by atoms with E-state index < -0.39 is 30.2 Å². The number of amides is 3. The highest BCUT2D eigenvalue weighted by atomic mass is 32.1. The zero-order chi connectivity index (χ0) is 17.7. The number of primary amides is 1. The number of carbonyl (C=O) groups is 4. The van der Waals surface area contributed by atoms with Crippen molar-refractivity contribution in [2.45, 2.75) is 39.7 Å². The largest absolute Gasteiger partial charge is 0.480 e. The Morgan fingerprint density at radius 2 is 1.87 bits per heavy atom. The van der Waals surface area contributed by atoms with Gasteiger partial charge in [-0.05, 0) is 19.4 Å². The van der Waals surface area contributed by atoms with Gasteiger partial charge < -0.3 is 21.5 Å². The number of aliphatic carboxylic acids is 1. The molecule has 0 spiro atoms. The summed E-state index contributed by atoms with van der Waals surface area (Å²) < 4.78 is 0. The number of anilines is 1. The summed E-state index contributed by atoms with van der Waals surface area (Å²) in [4.78, 5) is 46.8. The Kier molecular flexibility index (Phi) is 6.26. The zero-order valence-electron chi connectivity index (χ0n) is 13.1. The Morgan fingerprint density at radius 3 is 2.35 bits per heavy atom. The van der Waals surface area contributed by atoms with Gasteiger partial charge in [0.15, 0.2) is 0 Å². The highest BCUT2D eigenvalue weighted by Crippen LogP contribution is 2.32. The van der Waals surface area contributed by atoms with E-state index in [2.05, 4.69) is 10.6 Å². The first kappa shape index (κ1) is 18.6. The predicted octanol–water partition coefficient (Wildman–Crippen LogP) is 0.772. The quantitative estimate of drug-likeness (QED) is 0.580. The van der Waals surface area contributed by atoms with Crippen LogP contribution in [-0.2, 0) is 14.4 Å². The van der Waals surface area contributed by atoms with Gasteiger partial charge in [0.2, 0.25) is 11.8 Å². The molecule has 0 fully saturated rings. The minimum Gasteiger partial charge on any atom is -0.480 e. The second-order valence-corrected chi connectivity index (χ2v) is 6.15. The first-order valence-corrected chi connectivity index (χ1v) is 7.70. The van der Waals surface area contributed by atoms with Gasteiger partial charge in [0.05, 0.1) is 12.0 Å². The molecular weight excluding hydrogens is 322 g/mol. The summed E-state index contributed by atoms with van der Waals surface area (Å²) in [5.74, 6) is -3.13. The van der Waals surface area contributed by atoms with Crippen LogP contribution >= 0.6 is 11.3 Å². The van der Waals surface area contributed by atoms with Crippen molar-refractivity contribution < 1.29 is 24.3 Å². The van der Waals surface area contributed by atoms with Crippen LogP contribution in [-0.4, -0.2) is 34.8 Å². The average Bonchev–Trinajstić information content (AvgIpc) is 2.72. The minimum absolute atomic E-state index is 0.199. The molecule has 0 radical (unpaired) electrons. The van der Waals surface area contributed by atoms with Crippen LogP contribution in [0.5, 0.6) is 0 Å². The Bertz CT molecular complexity index is 653. The van der Waals surface area contributed by atoms with E-state index in [-0.39, 0.29) is 17.9 Å². The van der Waals surface area contributed by atoms with E-state index in [0.717, 1.165) is 4.88 Å². The molecule has 5 N–H and O–H groups in total. The van der Waals surface area contributed by atoms with Gasteiger partial charge >= 0.3 is 5.97 Å². The van der Waals surface area contributed by atoms with E-state index in [1.165, 1.54) is 11.3 Å². The Balaban J connectivity index is 3.08. The predicted molar refractivity (Wildman–Crippen MR) is 85.4 cm³/mol. The van der Waals surface area contributed by atoms with Gasteiger partial charge in [-0.3, -0.25) is 14.4 Å². The van der Waals surface area contributed by atoms with E-state index in [0.29, 0.717) is 10.6 Å². The van der Waals surface area contributed by atoms with Crippen molar-refractivity contribution in [1.29, 1.82) is 0 Å². The van der Waals surface area contributed by atoms with E-state index in [1.807, 2.05) is 0 Å². The molecular formula is C14H19N3O5S. The van der Waals surface area contributed by atoms with Crippen molar-refractivity contribution in [3.8, 4) is 0 Å². The fourth-order valence-electron chi connectivity index (χ4n) is 1.84. The summed E-state index contributed by atoms with van der Waals surface area (Å²) in [5, 5.41) is 14.3. The maximum atomic E-state index is 12.4. The molecule has 126 valence electrons. The van der Waals surface area contributed by atoms with Crippen molar-refractivity contribution >= 4 is 40.0 Å². The third-order valence-corrected chi connectivity index (χ3v) is 4.32. The van der Waals surface area contributed by atoms with Crippen molar-refractivity contribution in [2.24, 2.45) is 5.73 Å². The smallest absolute Gasteiger partial charge is 0.326 e. The number of carboxylic acids is 1. The molecule has 3 amide bonds. The third kappa shape index (κ3) is 4.78. The van der Waals surface area contributed by atoms with Crippen LogP contribution in [0.25, 0.3) is 0 Å². The number of rotatable bonds is 7. The number of nitrogens with two attached hydrogens (primary N) is 1. The number of thiophene rings is 1. The van der Waals surface area contributed by atoms with E-state index in [1.54, 1.807) is 20.8 Å². The van der Waals surface area contributed by atoms with Crippen LogP contribution in [0.2, 0.25) is 0 Å². The summed E-state index contributed by atoms with van der Waals surface area (Å²) in [6.45, 7) is 5.17. The molecule has 1 heterocycles. The minimum atomic E-state index is -1.42. The van der Waals surface area contributed by atoms with Gasteiger partial charge in [-0.15, -0.1) is 11.3 Å². The molecule has 0 aromatic carbocycles. The van der Waals surface area contributed by atoms with Gasteiger partial charge in [-0.1, -0.05) is 6.92 Å². The van der Waals surface area contributed by atoms with Crippen LogP contribution in [0.15, 0.2) is 0 Å². The maximum Gasteiger partial charge on any atom is 0.326 e. The lowest BCUT2D eigenvalue weighted by Crippen LogP contribution is -2.43. The fourth-order valence-corrected chi connectivity index (χ4v) is 2.91. The van der Waals surface area contributed by atoms with Crippen molar-refractivity contribution in [2.75, 3.05) is 5.32 Å². The summed E-state index contributed by atoms with van der Waals surface area (Å²) in [5.41, 5.74) is 5.82. The second kappa shape index (κ2) is 7.73. The van der Waals surface area contributed by atoms with E-state index >= 15 is 0 Å². The molecule has 0 bridgehead atoms. The summed E-state index contributed by atoms with van der Waals surface area (Å²) in [7, 11) is 0. The van der Waals surface area contributed by atoms with Gasteiger partial charge in [0.25, 0.3) is 5.91 Å². The molecule has 8 nitrogen and oxygen atoms in total. The SMILES string of the molecule is CCC(=O)Nc1sc(C)c(C)c1C(=O)NC(CC(N)=O)C(=O)O. The number of hydrogen-bond acceptors (Lipinski definition) is 5. The highest BCUT2D eigenvalue weighted by Gasteiger charge is 2.27. The second-order valence-electron chi connectivity index (χ2n) is 4.92. The zero-order valence-corrected chi connectivity index (χ0v) is 13.9. The van der Waals surface area contributed by atoms with Crippen molar-refractivity contribution in [3.05, 3.63) is 16.0 Å². The monoisotopic (exact) mass is 341 g/mol. The van der Waals surface area contributed by atoms with Crippen LogP contribution in [0, 0.1) is 13.8 Å². The van der Waals surface area contributed by atoms with Gasteiger partial charge in [0, 0.05) is 11.3 Å². The normalized spacial score (nSPS) is 11.6. The molecule has 1 atom stereocenters. The third-order valence-electron chi connectivity index (χ3n) is 3.20. The van der Waals surface area contributed by atoms with Crippen LogP contribution < -0.4 is 16.4 Å². The number of carbonyl (C=O) groups excluding carboxylic acids is 3. The van der Waals surface area contributed by atoms with Crippen molar-refractivity contribution in [1.82, 2.24) is 5.32 Å². The lowest BCUT2D eigenvalue weighted by atomic mass is 10.1. The van der Waals surface area contributed by atoms with Gasteiger partial charge in [-0.2, -0.15) is 0 Å². The summed E-state index contributed by atoms with van der Waals surface area (Å²) >= 11 is 1.23. The molecule has 1 aromatic heterocycles. The van der Waals surface area contributed by atoms with Crippen LogP contribution in [0.4, 0.5) is 5.00 Å². The fraction of sp³-hybridized carbons (Fsp3) is 0.429. The Hall–Kier alpha value is -2.42. The molecule has 0 aliphatic carbocycles. The van der Waals surface area contributed by atoms with Gasteiger partial charge in [-0.25, -0.2) is 4.79 Å². The summed E-state index contributed by atoms with van der Waals surface area (Å²) in [6.07, 6.45) is -0.267. The molecule has 0 saturated carbocycles. The molecule has 23 heavy (non-hydrogen) atoms. The lowest BCUT2D eigenvalue weighted by molar-refractivity contribution is -0.140. The molecule has 9 heteroatoms. The molecule has 0 aliphatic heterocycles. The van der Waals surface area contributed by atoms with Crippen LogP contribution in [0.3, 0.4) is 0 Å². The van der Waals surface area contributed by atoms with E-state index in [9.17, 15) is 19.2 Å². The van der Waals surface area contributed by atoms with Crippen molar-refractivity contribution in [3.63, 3.8) is 0 Å². The summed E-state index contributed by atoms with van der Waals surface area (Å²) in [6, 6.07) is -1.42. The Labute approximate surface area is 137 Å². The number of carboxylic acid groups (broad SMARTS) is 1. The van der Waals surface area contributed by atoms with E-state index in [4.69, 9.17) is 10.8 Å². The lowest BCUT2D eigenvalue weighted by Gasteiger charge is -2.14. The molecule has 0 saturated heterocycles. The number of hydrogen-bond donors (Lipinski definition) is 4. The molecule has 1 aromatic rings. The number of aryl methyl sites for hydroxylation is 1. The molecule has 0 aliphatic rings. The standard InChI is InChI=1S/C14H19N3O5S/c1-4-10(19)17-13-11(6(2)7(3)23-13)12(20)16-8(14(21)22)5-9(15)18/h8H,4-5H2,1-3H3,(H2,15,18)(H,16,20)(H,17,19)(H,21,22).